The van der Waals surface area contributed by atoms with Crippen molar-refractivity contribution in [1.82, 2.24) is 9.97 Å². The summed E-state index contributed by atoms with van der Waals surface area (Å²) in [6.07, 6.45) is 1.59. The lowest BCUT2D eigenvalue weighted by molar-refractivity contribution is 0.901. The molecule has 0 aliphatic carbocycles. The van der Waals surface area contributed by atoms with Crippen molar-refractivity contribution < 1.29 is 0 Å². The molecule has 2 rings (SSSR count). The quantitative estimate of drug-likeness (QED) is 0.866. The lowest BCUT2D eigenvalue weighted by Gasteiger charge is -2.19. The Morgan fingerprint density at radius 3 is 2.89 bits per heavy atom. The second-order valence-corrected chi connectivity index (χ2v) is 5.14. The first-order valence-corrected chi connectivity index (χ1v) is 6.54. The standard InChI is InChI=1S/C12H11ClN4S/c1-8-10(18-7-16-8)6-17(2)12-11(13)9(5-14)3-4-15-12/h3-4,7H,6H2,1-2H3. The third-order valence-electron chi connectivity index (χ3n) is 2.58. The molecule has 4 nitrogen and oxygen atoms in total. The molecule has 92 valence electrons. The van der Waals surface area contributed by atoms with E-state index in [9.17, 15) is 0 Å². The van der Waals surface area contributed by atoms with Gasteiger partial charge in [0.05, 0.1) is 23.3 Å². The van der Waals surface area contributed by atoms with Gasteiger partial charge in [-0.15, -0.1) is 11.3 Å². The molecule has 2 aromatic heterocycles. The molecule has 18 heavy (non-hydrogen) atoms. The third-order valence-corrected chi connectivity index (χ3v) is 3.87. The first kappa shape index (κ1) is 12.8. The van der Waals surface area contributed by atoms with Crippen molar-refractivity contribution in [2.75, 3.05) is 11.9 Å². The van der Waals surface area contributed by atoms with Crippen LogP contribution in [0.25, 0.3) is 0 Å². The summed E-state index contributed by atoms with van der Waals surface area (Å²) in [5, 5.41) is 9.33. The summed E-state index contributed by atoms with van der Waals surface area (Å²) < 4.78 is 0. The largest absolute Gasteiger partial charge is 0.353 e. The summed E-state index contributed by atoms with van der Waals surface area (Å²) in [6.45, 7) is 2.65. The lowest BCUT2D eigenvalue weighted by atomic mass is 10.2. The number of rotatable bonds is 3. The fourth-order valence-electron chi connectivity index (χ4n) is 1.55. The fourth-order valence-corrected chi connectivity index (χ4v) is 2.68. The second kappa shape index (κ2) is 5.34. The van der Waals surface area contributed by atoms with Gasteiger partial charge >= 0.3 is 0 Å². The fraction of sp³-hybridized carbons (Fsp3) is 0.250. The average molecular weight is 279 g/mol. The molecule has 0 radical (unpaired) electrons. The monoisotopic (exact) mass is 278 g/mol. The molecule has 0 bridgehead atoms. The number of anilines is 1. The smallest absolute Gasteiger partial charge is 0.148 e. The molecule has 0 fully saturated rings. The minimum Gasteiger partial charge on any atom is -0.353 e. The molecule has 0 aliphatic heterocycles. The van der Waals surface area contributed by atoms with Crippen LogP contribution in [0.1, 0.15) is 16.1 Å². The van der Waals surface area contributed by atoms with E-state index in [2.05, 4.69) is 16.0 Å². The Kier molecular flexibility index (Phi) is 3.80. The number of hydrogen-bond donors (Lipinski definition) is 0. The van der Waals surface area contributed by atoms with E-state index in [4.69, 9.17) is 16.9 Å². The molecule has 0 unspecified atom stereocenters. The van der Waals surface area contributed by atoms with Gasteiger partial charge in [-0.2, -0.15) is 5.26 Å². The zero-order valence-electron chi connectivity index (χ0n) is 10.0. The van der Waals surface area contributed by atoms with Crippen molar-refractivity contribution >= 4 is 28.8 Å². The SMILES string of the molecule is Cc1ncsc1CN(C)c1nccc(C#N)c1Cl. The Balaban J connectivity index is 2.27. The van der Waals surface area contributed by atoms with Crippen LogP contribution in [-0.2, 0) is 6.54 Å². The van der Waals surface area contributed by atoms with Crippen molar-refractivity contribution in [3.8, 4) is 6.07 Å². The number of aryl methyl sites for hydroxylation is 1. The number of nitrogens with zero attached hydrogens (tertiary/aromatic N) is 4. The van der Waals surface area contributed by atoms with Gasteiger partial charge in [-0.05, 0) is 13.0 Å². The minimum absolute atomic E-state index is 0.393. The number of halogens is 1. The maximum atomic E-state index is 8.94. The first-order chi connectivity index (χ1) is 8.63. The third kappa shape index (κ3) is 2.45. The van der Waals surface area contributed by atoms with Crippen LogP contribution in [0.3, 0.4) is 0 Å². The zero-order chi connectivity index (χ0) is 13.1. The highest BCUT2D eigenvalue weighted by molar-refractivity contribution is 7.09. The van der Waals surface area contributed by atoms with E-state index in [1.807, 2.05) is 24.4 Å². The van der Waals surface area contributed by atoms with Crippen LogP contribution in [0.4, 0.5) is 5.82 Å². The Bertz CT molecular complexity index is 602. The van der Waals surface area contributed by atoms with Crippen molar-refractivity contribution in [1.29, 1.82) is 5.26 Å². The van der Waals surface area contributed by atoms with Gasteiger partial charge in [-0.25, -0.2) is 9.97 Å². The van der Waals surface area contributed by atoms with E-state index in [1.54, 1.807) is 23.6 Å². The van der Waals surface area contributed by atoms with Gasteiger partial charge < -0.3 is 4.90 Å². The molecule has 0 spiro atoms. The molecule has 2 aromatic rings. The van der Waals surface area contributed by atoms with Crippen LogP contribution in [0.5, 0.6) is 0 Å². The number of pyridine rings is 1. The van der Waals surface area contributed by atoms with Crippen LogP contribution in [0.15, 0.2) is 17.8 Å². The summed E-state index contributed by atoms with van der Waals surface area (Å²) >= 11 is 7.74. The maximum absolute atomic E-state index is 8.94. The summed E-state index contributed by atoms with van der Waals surface area (Å²) in [5.74, 6) is 0.614. The molecule has 0 saturated carbocycles. The Morgan fingerprint density at radius 1 is 1.50 bits per heavy atom. The highest BCUT2D eigenvalue weighted by atomic mass is 35.5. The van der Waals surface area contributed by atoms with E-state index in [0.717, 1.165) is 10.6 Å². The van der Waals surface area contributed by atoms with E-state index in [-0.39, 0.29) is 0 Å². The second-order valence-electron chi connectivity index (χ2n) is 3.82. The summed E-state index contributed by atoms with van der Waals surface area (Å²) in [5.41, 5.74) is 3.27. The molecule has 0 amide bonds. The van der Waals surface area contributed by atoms with Gasteiger partial charge in [0.25, 0.3) is 0 Å². The minimum atomic E-state index is 0.393. The molecule has 0 N–H and O–H groups in total. The van der Waals surface area contributed by atoms with E-state index >= 15 is 0 Å². The van der Waals surface area contributed by atoms with Crippen molar-refractivity contribution in [3.63, 3.8) is 0 Å². The van der Waals surface area contributed by atoms with Crippen LogP contribution < -0.4 is 4.90 Å². The van der Waals surface area contributed by atoms with E-state index < -0.39 is 0 Å². The van der Waals surface area contributed by atoms with Gasteiger partial charge in [0.15, 0.2) is 0 Å². The molecule has 0 aromatic carbocycles. The van der Waals surface area contributed by atoms with Gasteiger partial charge in [0.2, 0.25) is 0 Å². The summed E-state index contributed by atoms with van der Waals surface area (Å²) in [6, 6.07) is 3.66. The maximum Gasteiger partial charge on any atom is 0.148 e. The van der Waals surface area contributed by atoms with Gasteiger partial charge in [0, 0.05) is 18.1 Å². The Morgan fingerprint density at radius 2 is 2.28 bits per heavy atom. The molecular weight excluding hydrogens is 268 g/mol. The zero-order valence-corrected chi connectivity index (χ0v) is 11.6. The molecule has 2 heterocycles. The summed E-state index contributed by atoms with van der Waals surface area (Å²) in [4.78, 5) is 11.5. The molecule has 0 aliphatic rings. The lowest BCUT2D eigenvalue weighted by Crippen LogP contribution is -2.18. The molecule has 0 atom stereocenters. The van der Waals surface area contributed by atoms with Crippen molar-refractivity contribution in [3.05, 3.63) is 38.9 Å². The van der Waals surface area contributed by atoms with Crippen molar-refractivity contribution in [2.24, 2.45) is 0 Å². The van der Waals surface area contributed by atoms with Crippen molar-refractivity contribution in [2.45, 2.75) is 13.5 Å². The average Bonchev–Trinajstić information content (AvgIpc) is 2.75. The van der Waals surface area contributed by atoms with Gasteiger partial charge in [0.1, 0.15) is 16.9 Å². The number of nitriles is 1. The van der Waals surface area contributed by atoms with Crippen LogP contribution >= 0.6 is 22.9 Å². The predicted octanol–water partition coefficient (Wildman–Crippen LogP) is 3.01. The predicted molar refractivity (Wildman–Crippen MR) is 72.9 cm³/mol. The van der Waals surface area contributed by atoms with Crippen LogP contribution in [-0.4, -0.2) is 17.0 Å². The van der Waals surface area contributed by atoms with Crippen LogP contribution in [0.2, 0.25) is 5.02 Å². The number of hydrogen-bond acceptors (Lipinski definition) is 5. The molecular formula is C12H11ClN4S. The first-order valence-electron chi connectivity index (χ1n) is 5.28. The number of thiazole rings is 1. The molecule has 0 saturated heterocycles. The molecule has 6 heteroatoms. The van der Waals surface area contributed by atoms with E-state index in [0.29, 0.717) is 22.9 Å². The number of aromatic nitrogens is 2. The Labute approximate surface area is 114 Å². The topological polar surface area (TPSA) is 52.8 Å². The van der Waals surface area contributed by atoms with Gasteiger partial charge in [-0.1, -0.05) is 11.6 Å². The van der Waals surface area contributed by atoms with Crippen LogP contribution in [0, 0.1) is 18.3 Å². The van der Waals surface area contributed by atoms with E-state index in [1.165, 1.54) is 0 Å². The normalized spacial score (nSPS) is 10.1. The highest BCUT2D eigenvalue weighted by Gasteiger charge is 2.13. The highest BCUT2D eigenvalue weighted by Crippen LogP contribution is 2.27. The van der Waals surface area contributed by atoms with Gasteiger partial charge in [-0.3, -0.25) is 0 Å². The Hall–Kier alpha value is -1.64. The summed E-state index contributed by atoms with van der Waals surface area (Å²) in [7, 11) is 1.90.